The molecule has 0 aliphatic carbocycles. The van der Waals surface area contributed by atoms with Crippen LogP contribution in [0.25, 0.3) is 0 Å². The van der Waals surface area contributed by atoms with Gasteiger partial charge in [0.2, 0.25) is 10.0 Å². The van der Waals surface area contributed by atoms with E-state index in [0.717, 1.165) is 17.2 Å². The highest BCUT2D eigenvalue weighted by Crippen LogP contribution is 2.23. The predicted molar refractivity (Wildman–Crippen MR) is 102 cm³/mol. The average molecular weight is 411 g/mol. The number of halogens is 1. The van der Waals surface area contributed by atoms with Gasteiger partial charge in [0.05, 0.1) is 10.6 Å². The number of esters is 1. The number of nitrogens with one attached hydrogen (secondary N) is 1. The van der Waals surface area contributed by atoms with E-state index in [0.29, 0.717) is 5.69 Å². The Morgan fingerprint density at radius 1 is 1.15 bits per heavy atom. The molecule has 1 amide bonds. The molecule has 7 nitrogen and oxygen atoms in total. The number of rotatable bonds is 5. The molecular formula is C18H19ClN2O5S. The van der Waals surface area contributed by atoms with Gasteiger partial charge in [0.1, 0.15) is 4.90 Å². The summed E-state index contributed by atoms with van der Waals surface area (Å²) >= 11 is 5.79. The van der Waals surface area contributed by atoms with Crippen molar-refractivity contribution in [1.29, 1.82) is 0 Å². The Balaban J connectivity index is 2.15. The van der Waals surface area contributed by atoms with Crippen LogP contribution in [0.3, 0.4) is 0 Å². The summed E-state index contributed by atoms with van der Waals surface area (Å²) in [6.07, 6.45) is -1.11. The van der Waals surface area contributed by atoms with Gasteiger partial charge in [0.15, 0.2) is 6.10 Å². The van der Waals surface area contributed by atoms with E-state index in [-0.39, 0.29) is 10.6 Å². The van der Waals surface area contributed by atoms with Gasteiger partial charge in [-0.1, -0.05) is 29.8 Å². The van der Waals surface area contributed by atoms with Crippen molar-refractivity contribution in [1.82, 2.24) is 0 Å². The molecule has 27 heavy (non-hydrogen) atoms. The van der Waals surface area contributed by atoms with E-state index in [1.54, 1.807) is 0 Å². The van der Waals surface area contributed by atoms with E-state index in [1.807, 2.05) is 32.0 Å². The first-order chi connectivity index (χ1) is 12.5. The Morgan fingerprint density at radius 3 is 2.30 bits per heavy atom. The summed E-state index contributed by atoms with van der Waals surface area (Å²) in [5.41, 5.74) is 2.30. The summed E-state index contributed by atoms with van der Waals surface area (Å²) in [5, 5.41) is 7.67. The molecule has 1 unspecified atom stereocenters. The standard InChI is InChI=1S/C18H19ClN2O5S/c1-10-5-4-6-11(2)16(10)21-17(22)12(3)26-18(23)13-7-8-14(19)15(9-13)27(20,24)25/h4-9,12H,1-3H3,(H,21,22)(H2,20,24,25). The molecule has 2 aromatic rings. The van der Waals surface area contributed by atoms with E-state index in [2.05, 4.69) is 5.32 Å². The van der Waals surface area contributed by atoms with E-state index in [9.17, 15) is 18.0 Å². The van der Waals surface area contributed by atoms with Crippen molar-refractivity contribution in [2.45, 2.75) is 31.8 Å². The van der Waals surface area contributed by atoms with Crippen LogP contribution in [-0.2, 0) is 19.6 Å². The number of para-hydroxylation sites is 1. The molecule has 1 atom stereocenters. The zero-order chi connectivity index (χ0) is 20.4. The van der Waals surface area contributed by atoms with Gasteiger partial charge in [-0.3, -0.25) is 4.79 Å². The molecule has 2 rings (SSSR count). The number of aryl methyl sites for hydroxylation is 2. The van der Waals surface area contributed by atoms with Crippen LogP contribution >= 0.6 is 11.6 Å². The maximum Gasteiger partial charge on any atom is 0.338 e. The lowest BCUT2D eigenvalue weighted by molar-refractivity contribution is -0.123. The van der Waals surface area contributed by atoms with Crippen molar-refractivity contribution >= 4 is 39.2 Å². The molecule has 0 aliphatic heterocycles. The van der Waals surface area contributed by atoms with Crippen molar-refractivity contribution in [3.63, 3.8) is 0 Å². The lowest BCUT2D eigenvalue weighted by atomic mass is 10.1. The number of primary sulfonamides is 1. The number of amides is 1. The monoisotopic (exact) mass is 410 g/mol. The first kappa shape index (κ1) is 20.9. The van der Waals surface area contributed by atoms with Crippen LogP contribution in [0.15, 0.2) is 41.3 Å². The molecule has 0 aliphatic rings. The van der Waals surface area contributed by atoms with Crippen LogP contribution in [0.1, 0.15) is 28.4 Å². The second-order valence-corrected chi connectivity index (χ2v) is 7.93. The maximum absolute atomic E-state index is 12.3. The van der Waals surface area contributed by atoms with Crippen LogP contribution < -0.4 is 10.5 Å². The molecule has 0 saturated carbocycles. The highest BCUT2D eigenvalue weighted by atomic mass is 35.5. The molecule has 0 saturated heterocycles. The highest BCUT2D eigenvalue weighted by molar-refractivity contribution is 7.89. The third kappa shape index (κ3) is 5.06. The lowest BCUT2D eigenvalue weighted by Gasteiger charge is -2.16. The zero-order valence-electron chi connectivity index (χ0n) is 14.9. The fourth-order valence-electron chi connectivity index (χ4n) is 2.37. The second kappa shape index (κ2) is 8.08. The van der Waals surface area contributed by atoms with Crippen molar-refractivity contribution < 1.29 is 22.7 Å². The lowest BCUT2D eigenvalue weighted by Crippen LogP contribution is -2.30. The van der Waals surface area contributed by atoms with E-state index in [4.69, 9.17) is 21.5 Å². The number of hydrogen-bond acceptors (Lipinski definition) is 5. The number of benzene rings is 2. The predicted octanol–water partition coefficient (Wildman–Crippen LogP) is 2.79. The first-order valence-corrected chi connectivity index (χ1v) is 9.83. The minimum atomic E-state index is -4.10. The van der Waals surface area contributed by atoms with Crippen molar-refractivity contribution in [2.24, 2.45) is 5.14 Å². The van der Waals surface area contributed by atoms with Crippen molar-refractivity contribution in [3.05, 3.63) is 58.1 Å². The third-order valence-corrected chi connectivity index (χ3v) is 5.25. The van der Waals surface area contributed by atoms with Gasteiger partial charge in [0.25, 0.3) is 5.91 Å². The van der Waals surface area contributed by atoms with Crippen LogP contribution in [0, 0.1) is 13.8 Å². The molecular weight excluding hydrogens is 392 g/mol. The maximum atomic E-state index is 12.3. The summed E-state index contributed by atoms with van der Waals surface area (Å²) in [6, 6.07) is 9.09. The van der Waals surface area contributed by atoms with Crippen LogP contribution in [0.4, 0.5) is 5.69 Å². The molecule has 0 spiro atoms. The number of carbonyl (C=O) groups is 2. The molecule has 2 aromatic carbocycles. The molecule has 9 heteroatoms. The highest BCUT2D eigenvalue weighted by Gasteiger charge is 2.22. The van der Waals surface area contributed by atoms with Crippen LogP contribution in [0.2, 0.25) is 5.02 Å². The fourth-order valence-corrected chi connectivity index (χ4v) is 3.44. The first-order valence-electron chi connectivity index (χ1n) is 7.91. The normalized spacial score (nSPS) is 12.3. The molecule has 0 radical (unpaired) electrons. The molecule has 3 N–H and O–H groups in total. The van der Waals surface area contributed by atoms with Gasteiger partial charge >= 0.3 is 5.97 Å². The quantitative estimate of drug-likeness (QED) is 0.735. The second-order valence-electron chi connectivity index (χ2n) is 5.99. The van der Waals surface area contributed by atoms with E-state index >= 15 is 0 Å². The number of anilines is 1. The summed E-state index contributed by atoms with van der Waals surface area (Å²) in [5.74, 6) is -1.39. The van der Waals surface area contributed by atoms with Gasteiger partial charge in [-0.2, -0.15) is 0 Å². The summed E-state index contributed by atoms with van der Waals surface area (Å²) in [7, 11) is -4.10. The Morgan fingerprint density at radius 2 is 1.74 bits per heavy atom. The van der Waals surface area contributed by atoms with Gasteiger partial charge in [-0.15, -0.1) is 0 Å². The molecule has 0 heterocycles. The number of hydrogen-bond donors (Lipinski definition) is 2. The zero-order valence-corrected chi connectivity index (χ0v) is 16.5. The number of carbonyl (C=O) groups excluding carboxylic acids is 2. The molecule has 0 aromatic heterocycles. The van der Waals surface area contributed by atoms with Gasteiger partial charge in [-0.05, 0) is 50.1 Å². The summed E-state index contributed by atoms with van der Waals surface area (Å²) in [6.45, 7) is 5.11. The van der Waals surface area contributed by atoms with Crippen molar-refractivity contribution in [3.8, 4) is 0 Å². The minimum Gasteiger partial charge on any atom is -0.449 e. The largest absolute Gasteiger partial charge is 0.449 e. The molecule has 0 fully saturated rings. The SMILES string of the molecule is Cc1cccc(C)c1NC(=O)C(C)OC(=O)c1ccc(Cl)c(S(N)(=O)=O)c1. The van der Waals surface area contributed by atoms with Gasteiger partial charge < -0.3 is 10.1 Å². The molecule has 144 valence electrons. The minimum absolute atomic E-state index is 0.0878. The molecule has 0 bridgehead atoms. The summed E-state index contributed by atoms with van der Waals surface area (Å²) < 4.78 is 28.1. The topological polar surface area (TPSA) is 116 Å². The number of ether oxygens (including phenoxy) is 1. The van der Waals surface area contributed by atoms with Gasteiger partial charge in [-0.25, -0.2) is 18.4 Å². The van der Waals surface area contributed by atoms with E-state index < -0.39 is 32.9 Å². The Labute approximate surface area is 162 Å². The third-order valence-electron chi connectivity index (χ3n) is 3.86. The Hall–Kier alpha value is -2.42. The number of nitrogens with two attached hydrogens (primary N) is 1. The average Bonchev–Trinajstić information content (AvgIpc) is 2.57. The van der Waals surface area contributed by atoms with Crippen LogP contribution in [0.5, 0.6) is 0 Å². The van der Waals surface area contributed by atoms with Gasteiger partial charge in [0, 0.05) is 5.69 Å². The van der Waals surface area contributed by atoms with Crippen molar-refractivity contribution in [2.75, 3.05) is 5.32 Å². The smallest absolute Gasteiger partial charge is 0.338 e. The fraction of sp³-hybridized carbons (Fsp3) is 0.222. The summed E-state index contributed by atoms with van der Waals surface area (Å²) in [4.78, 5) is 24.2. The van der Waals surface area contributed by atoms with Crippen LogP contribution in [-0.4, -0.2) is 26.4 Å². The Kier molecular flexibility index (Phi) is 6.25. The number of sulfonamides is 1. The Bertz CT molecular complexity index is 985. The van der Waals surface area contributed by atoms with E-state index in [1.165, 1.54) is 19.1 Å².